The zero-order chi connectivity index (χ0) is 9.97. The molecule has 0 aliphatic carbocycles. The molecule has 0 radical (unpaired) electrons. The Labute approximate surface area is 88.2 Å². The molecule has 1 aromatic heterocycles. The quantitative estimate of drug-likeness (QED) is 0.745. The van der Waals surface area contributed by atoms with E-state index in [0.717, 1.165) is 12.1 Å². The van der Waals surface area contributed by atoms with Gasteiger partial charge in [-0.3, -0.25) is 0 Å². The molecular formula is C12H13NS. The number of nitrogen functional groups attached to an aromatic ring is 1. The van der Waals surface area contributed by atoms with Crippen LogP contribution in [0.2, 0.25) is 0 Å². The zero-order valence-electron chi connectivity index (χ0n) is 8.16. The summed E-state index contributed by atoms with van der Waals surface area (Å²) in [5, 5.41) is 2.18. The molecule has 2 heteroatoms. The summed E-state index contributed by atoms with van der Waals surface area (Å²) in [5.41, 5.74) is 9.32. The van der Waals surface area contributed by atoms with E-state index in [1.165, 1.54) is 16.0 Å². The lowest BCUT2D eigenvalue weighted by molar-refractivity contribution is 1.24. The first-order valence-electron chi connectivity index (χ1n) is 4.63. The van der Waals surface area contributed by atoms with E-state index in [0.29, 0.717) is 0 Å². The van der Waals surface area contributed by atoms with E-state index in [1.54, 1.807) is 11.3 Å². The lowest BCUT2D eigenvalue weighted by Crippen LogP contribution is -1.93. The number of hydrogen-bond acceptors (Lipinski definition) is 2. The second-order valence-corrected chi connectivity index (χ2v) is 4.46. The lowest BCUT2D eigenvalue weighted by atomic mass is 10.1. The molecule has 2 N–H and O–H groups in total. The monoisotopic (exact) mass is 203 g/mol. The third kappa shape index (κ3) is 1.96. The fourth-order valence-corrected chi connectivity index (χ4v) is 2.36. The van der Waals surface area contributed by atoms with Gasteiger partial charge in [-0.1, -0.05) is 18.2 Å². The molecule has 1 heterocycles. The van der Waals surface area contributed by atoms with Crippen molar-refractivity contribution in [2.24, 2.45) is 0 Å². The van der Waals surface area contributed by atoms with Gasteiger partial charge in [-0.2, -0.15) is 0 Å². The van der Waals surface area contributed by atoms with Crippen LogP contribution in [0.4, 0.5) is 5.69 Å². The minimum absolute atomic E-state index is 0.888. The van der Waals surface area contributed by atoms with E-state index in [2.05, 4.69) is 24.4 Å². The van der Waals surface area contributed by atoms with Crippen molar-refractivity contribution >= 4 is 17.0 Å². The van der Waals surface area contributed by atoms with Gasteiger partial charge in [-0.05, 0) is 35.6 Å². The topological polar surface area (TPSA) is 26.0 Å². The molecule has 2 rings (SSSR count). The van der Waals surface area contributed by atoms with Crippen LogP contribution in [-0.4, -0.2) is 0 Å². The Morgan fingerprint density at radius 2 is 2.07 bits per heavy atom. The van der Waals surface area contributed by atoms with Gasteiger partial charge >= 0.3 is 0 Å². The van der Waals surface area contributed by atoms with E-state index in [4.69, 9.17) is 5.73 Å². The van der Waals surface area contributed by atoms with Crippen molar-refractivity contribution in [2.45, 2.75) is 13.3 Å². The summed E-state index contributed by atoms with van der Waals surface area (Å²) >= 11 is 1.80. The molecule has 14 heavy (non-hydrogen) atoms. The van der Waals surface area contributed by atoms with Gasteiger partial charge in [-0.25, -0.2) is 0 Å². The molecule has 0 fully saturated rings. The standard InChI is InChI=1S/C12H13NS/c1-9-6-11(14-8-9)7-10-4-2-3-5-12(10)13/h2-6,8H,7,13H2,1H3. The van der Waals surface area contributed by atoms with Crippen LogP contribution in [0.25, 0.3) is 0 Å². The van der Waals surface area contributed by atoms with E-state index >= 15 is 0 Å². The fraction of sp³-hybridized carbons (Fsp3) is 0.167. The van der Waals surface area contributed by atoms with Crippen molar-refractivity contribution < 1.29 is 0 Å². The normalized spacial score (nSPS) is 10.4. The number of para-hydroxylation sites is 1. The van der Waals surface area contributed by atoms with Crippen LogP contribution < -0.4 is 5.73 Å². The number of benzene rings is 1. The van der Waals surface area contributed by atoms with Crippen LogP contribution in [0.15, 0.2) is 35.7 Å². The molecule has 0 saturated carbocycles. The van der Waals surface area contributed by atoms with Gasteiger partial charge in [0.1, 0.15) is 0 Å². The molecule has 0 aliphatic rings. The molecule has 2 aromatic rings. The minimum Gasteiger partial charge on any atom is -0.398 e. The second kappa shape index (κ2) is 3.84. The third-order valence-electron chi connectivity index (χ3n) is 2.20. The molecule has 0 amide bonds. The van der Waals surface area contributed by atoms with Crippen LogP contribution >= 0.6 is 11.3 Å². The van der Waals surface area contributed by atoms with Gasteiger partial charge in [0.2, 0.25) is 0 Å². The van der Waals surface area contributed by atoms with Gasteiger partial charge in [0.25, 0.3) is 0 Å². The third-order valence-corrected chi connectivity index (χ3v) is 3.26. The van der Waals surface area contributed by atoms with Crippen LogP contribution in [0.3, 0.4) is 0 Å². The summed E-state index contributed by atoms with van der Waals surface area (Å²) in [4.78, 5) is 1.38. The number of rotatable bonds is 2. The fourth-order valence-electron chi connectivity index (χ4n) is 1.47. The minimum atomic E-state index is 0.888. The Bertz CT molecular complexity index is 431. The first-order valence-corrected chi connectivity index (χ1v) is 5.51. The second-order valence-electron chi connectivity index (χ2n) is 3.47. The van der Waals surface area contributed by atoms with Crippen molar-refractivity contribution in [1.82, 2.24) is 0 Å². The molecule has 0 bridgehead atoms. The molecule has 0 saturated heterocycles. The number of aryl methyl sites for hydroxylation is 1. The van der Waals surface area contributed by atoms with Gasteiger partial charge in [0, 0.05) is 17.0 Å². The van der Waals surface area contributed by atoms with Crippen molar-refractivity contribution in [2.75, 3.05) is 5.73 Å². The number of hydrogen-bond donors (Lipinski definition) is 1. The first kappa shape index (κ1) is 9.28. The summed E-state index contributed by atoms with van der Waals surface area (Å²) in [5.74, 6) is 0. The van der Waals surface area contributed by atoms with Crippen molar-refractivity contribution in [3.63, 3.8) is 0 Å². The molecule has 1 nitrogen and oxygen atoms in total. The van der Waals surface area contributed by atoms with Gasteiger partial charge in [-0.15, -0.1) is 11.3 Å². The van der Waals surface area contributed by atoms with Crippen LogP contribution in [0.5, 0.6) is 0 Å². The number of thiophene rings is 1. The van der Waals surface area contributed by atoms with Crippen molar-refractivity contribution in [3.8, 4) is 0 Å². The summed E-state index contributed by atoms with van der Waals surface area (Å²) in [6.45, 7) is 2.12. The van der Waals surface area contributed by atoms with Gasteiger partial charge in [0.05, 0.1) is 0 Å². The highest BCUT2D eigenvalue weighted by Gasteiger charge is 2.01. The van der Waals surface area contributed by atoms with Crippen molar-refractivity contribution in [3.05, 3.63) is 51.7 Å². The first-order chi connectivity index (χ1) is 6.75. The SMILES string of the molecule is Cc1csc(Cc2ccccc2N)c1. The molecule has 1 aromatic carbocycles. The van der Waals surface area contributed by atoms with Crippen LogP contribution in [0, 0.1) is 6.92 Å². The number of nitrogens with two attached hydrogens (primary N) is 1. The molecule has 72 valence electrons. The molecular weight excluding hydrogens is 190 g/mol. The highest BCUT2D eigenvalue weighted by Crippen LogP contribution is 2.20. The maximum absolute atomic E-state index is 5.88. The van der Waals surface area contributed by atoms with E-state index < -0.39 is 0 Å². The smallest absolute Gasteiger partial charge is 0.0350 e. The Hall–Kier alpha value is -1.28. The van der Waals surface area contributed by atoms with Gasteiger partial charge < -0.3 is 5.73 Å². The van der Waals surface area contributed by atoms with Gasteiger partial charge in [0.15, 0.2) is 0 Å². The summed E-state index contributed by atoms with van der Waals surface area (Å²) in [6.07, 6.45) is 0.950. The number of anilines is 1. The molecule has 0 aliphatic heterocycles. The van der Waals surface area contributed by atoms with E-state index in [9.17, 15) is 0 Å². The summed E-state index contributed by atoms with van der Waals surface area (Å²) in [7, 11) is 0. The van der Waals surface area contributed by atoms with E-state index in [1.807, 2.05) is 18.2 Å². The maximum atomic E-state index is 5.88. The predicted octanol–water partition coefficient (Wildman–Crippen LogP) is 3.23. The van der Waals surface area contributed by atoms with Crippen LogP contribution in [-0.2, 0) is 6.42 Å². The zero-order valence-corrected chi connectivity index (χ0v) is 8.97. The Morgan fingerprint density at radius 1 is 1.29 bits per heavy atom. The Morgan fingerprint density at radius 3 is 2.71 bits per heavy atom. The largest absolute Gasteiger partial charge is 0.398 e. The lowest BCUT2D eigenvalue weighted by Gasteiger charge is -2.02. The molecule has 0 atom stereocenters. The average Bonchev–Trinajstić information content (AvgIpc) is 2.56. The molecule has 0 unspecified atom stereocenters. The van der Waals surface area contributed by atoms with Crippen molar-refractivity contribution in [1.29, 1.82) is 0 Å². The predicted molar refractivity (Wildman–Crippen MR) is 62.7 cm³/mol. The van der Waals surface area contributed by atoms with E-state index in [-0.39, 0.29) is 0 Å². The highest BCUT2D eigenvalue weighted by molar-refractivity contribution is 7.10. The average molecular weight is 203 g/mol. The molecule has 0 spiro atoms. The van der Waals surface area contributed by atoms with Crippen LogP contribution in [0.1, 0.15) is 16.0 Å². The summed E-state index contributed by atoms with van der Waals surface area (Å²) < 4.78 is 0. The maximum Gasteiger partial charge on any atom is 0.0350 e. The summed E-state index contributed by atoms with van der Waals surface area (Å²) in [6, 6.07) is 10.3. The highest BCUT2D eigenvalue weighted by atomic mass is 32.1. The Kier molecular flexibility index (Phi) is 2.55. The Balaban J connectivity index is 2.23.